The highest BCUT2D eigenvalue weighted by atomic mass is 32.1. The van der Waals surface area contributed by atoms with E-state index in [2.05, 4.69) is 28.1 Å². The molecule has 1 aromatic heterocycles. The molecule has 1 heterocycles. The summed E-state index contributed by atoms with van der Waals surface area (Å²) in [5.74, 6) is 1.27. The van der Waals surface area contributed by atoms with Gasteiger partial charge in [-0.25, -0.2) is 4.98 Å². The molecule has 0 amide bonds. The van der Waals surface area contributed by atoms with Gasteiger partial charge < -0.3 is 10.6 Å². The molecule has 2 rings (SSSR count). The SMILES string of the molecule is CC(C)c1nsc(N(C)Cc2ccccc2N)n1. The Balaban J connectivity index is 2.12. The molecule has 0 aliphatic heterocycles. The van der Waals surface area contributed by atoms with Gasteiger partial charge in [0.15, 0.2) is 0 Å². The van der Waals surface area contributed by atoms with Gasteiger partial charge in [0.2, 0.25) is 5.13 Å². The zero-order valence-electron chi connectivity index (χ0n) is 10.9. The van der Waals surface area contributed by atoms with Gasteiger partial charge in [-0.2, -0.15) is 4.37 Å². The van der Waals surface area contributed by atoms with Crippen molar-refractivity contribution in [1.29, 1.82) is 0 Å². The maximum Gasteiger partial charge on any atom is 0.205 e. The molecule has 96 valence electrons. The van der Waals surface area contributed by atoms with E-state index in [0.717, 1.165) is 28.8 Å². The maximum absolute atomic E-state index is 5.94. The van der Waals surface area contributed by atoms with E-state index in [1.807, 2.05) is 31.3 Å². The average molecular weight is 262 g/mol. The fourth-order valence-corrected chi connectivity index (χ4v) is 2.38. The van der Waals surface area contributed by atoms with Gasteiger partial charge in [-0.15, -0.1) is 0 Å². The molecule has 0 saturated carbocycles. The second-order valence-electron chi connectivity index (χ2n) is 4.64. The van der Waals surface area contributed by atoms with E-state index in [1.165, 1.54) is 11.5 Å². The Hall–Kier alpha value is -1.62. The number of nitrogens with zero attached hydrogens (tertiary/aromatic N) is 3. The topological polar surface area (TPSA) is 55.0 Å². The van der Waals surface area contributed by atoms with E-state index < -0.39 is 0 Å². The van der Waals surface area contributed by atoms with Crippen LogP contribution in [0, 0.1) is 0 Å². The molecule has 0 fully saturated rings. The molecule has 1 aromatic carbocycles. The van der Waals surface area contributed by atoms with Gasteiger partial charge in [-0.1, -0.05) is 32.0 Å². The number of benzene rings is 1. The number of hydrogen-bond acceptors (Lipinski definition) is 5. The van der Waals surface area contributed by atoms with Crippen LogP contribution in [0.2, 0.25) is 0 Å². The van der Waals surface area contributed by atoms with Crippen LogP contribution in [0.4, 0.5) is 10.8 Å². The summed E-state index contributed by atoms with van der Waals surface area (Å²) in [4.78, 5) is 6.61. The molecule has 0 aliphatic carbocycles. The highest BCUT2D eigenvalue weighted by Gasteiger charge is 2.12. The molecular formula is C13H18N4S. The van der Waals surface area contributed by atoms with Crippen molar-refractivity contribution in [3.63, 3.8) is 0 Å². The standard InChI is InChI=1S/C13H18N4S/c1-9(2)12-15-13(18-16-12)17(3)8-10-6-4-5-7-11(10)14/h4-7,9H,8,14H2,1-3H3. The Bertz CT molecular complexity index is 521. The van der Waals surface area contributed by atoms with Gasteiger partial charge in [0.1, 0.15) is 5.82 Å². The first-order valence-corrected chi connectivity index (χ1v) is 6.73. The Kier molecular flexibility index (Phi) is 3.81. The second-order valence-corrected chi connectivity index (χ2v) is 5.38. The highest BCUT2D eigenvalue weighted by Crippen LogP contribution is 2.23. The summed E-state index contributed by atoms with van der Waals surface area (Å²) in [5.41, 5.74) is 7.87. The smallest absolute Gasteiger partial charge is 0.205 e. The number of para-hydroxylation sites is 1. The van der Waals surface area contributed by atoms with E-state index in [0.29, 0.717) is 5.92 Å². The number of anilines is 2. The molecule has 5 heteroatoms. The Morgan fingerprint density at radius 3 is 2.67 bits per heavy atom. The van der Waals surface area contributed by atoms with Gasteiger partial charge in [0.25, 0.3) is 0 Å². The predicted octanol–water partition coefficient (Wildman–Crippen LogP) is 2.88. The number of aromatic nitrogens is 2. The van der Waals surface area contributed by atoms with Crippen molar-refractivity contribution in [2.75, 3.05) is 17.7 Å². The molecule has 0 spiro atoms. The van der Waals surface area contributed by atoms with Gasteiger partial charge in [0.05, 0.1) is 0 Å². The van der Waals surface area contributed by atoms with Crippen molar-refractivity contribution in [3.8, 4) is 0 Å². The van der Waals surface area contributed by atoms with E-state index in [-0.39, 0.29) is 0 Å². The van der Waals surface area contributed by atoms with Gasteiger partial charge in [-0.3, -0.25) is 0 Å². The van der Waals surface area contributed by atoms with Gasteiger partial charge in [-0.05, 0) is 11.6 Å². The van der Waals surface area contributed by atoms with Gasteiger partial charge in [0, 0.05) is 36.7 Å². The molecule has 18 heavy (non-hydrogen) atoms. The average Bonchev–Trinajstić information content (AvgIpc) is 2.81. The maximum atomic E-state index is 5.94. The molecule has 0 unspecified atom stereocenters. The number of nitrogens with two attached hydrogens (primary N) is 1. The van der Waals surface area contributed by atoms with Crippen LogP contribution >= 0.6 is 11.5 Å². The van der Waals surface area contributed by atoms with Crippen molar-refractivity contribution in [2.24, 2.45) is 0 Å². The molecule has 2 aromatic rings. The summed E-state index contributed by atoms with van der Waals surface area (Å²) in [5, 5.41) is 0.932. The van der Waals surface area contributed by atoms with Crippen LogP contribution < -0.4 is 10.6 Å². The largest absolute Gasteiger partial charge is 0.398 e. The lowest BCUT2D eigenvalue weighted by molar-refractivity contribution is 0.792. The lowest BCUT2D eigenvalue weighted by atomic mass is 10.2. The van der Waals surface area contributed by atoms with Crippen LogP contribution in [-0.2, 0) is 6.54 Å². The minimum atomic E-state index is 0.366. The van der Waals surface area contributed by atoms with E-state index in [1.54, 1.807) is 0 Å². The Labute approximate surface area is 112 Å². The lowest BCUT2D eigenvalue weighted by Gasteiger charge is -2.16. The summed E-state index contributed by atoms with van der Waals surface area (Å²) in [6, 6.07) is 7.90. The molecule has 0 atom stereocenters. The van der Waals surface area contributed by atoms with E-state index >= 15 is 0 Å². The summed E-state index contributed by atoms with van der Waals surface area (Å²) in [6.07, 6.45) is 0. The molecule has 0 aliphatic rings. The molecule has 0 radical (unpaired) electrons. The van der Waals surface area contributed by atoms with Crippen molar-refractivity contribution in [1.82, 2.24) is 9.36 Å². The third-order valence-electron chi connectivity index (χ3n) is 2.74. The van der Waals surface area contributed by atoms with Crippen LogP contribution in [0.1, 0.15) is 31.2 Å². The third kappa shape index (κ3) is 2.79. The predicted molar refractivity (Wildman–Crippen MR) is 77.0 cm³/mol. The summed E-state index contributed by atoms with van der Waals surface area (Å²) in [6.45, 7) is 4.95. The fourth-order valence-electron chi connectivity index (χ4n) is 1.62. The third-order valence-corrected chi connectivity index (χ3v) is 3.58. The normalized spacial score (nSPS) is 10.9. The van der Waals surface area contributed by atoms with Gasteiger partial charge >= 0.3 is 0 Å². The van der Waals surface area contributed by atoms with Crippen molar-refractivity contribution >= 4 is 22.4 Å². The monoisotopic (exact) mass is 262 g/mol. The van der Waals surface area contributed by atoms with Crippen molar-refractivity contribution < 1.29 is 0 Å². The first kappa shape index (κ1) is 12.8. The molecule has 0 bridgehead atoms. The number of nitrogen functional groups attached to an aromatic ring is 1. The first-order valence-electron chi connectivity index (χ1n) is 5.96. The van der Waals surface area contributed by atoms with Crippen LogP contribution in [-0.4, -0.2) is 16.4 Å². The van der Waals surface area contributed by atoms with Crippen LogP contribution in [0.15, 0.2) is 24.3 Å². The number of hydrogen-bond donors (Lipinski definition) is 1. The zero-order chi connectivity index (χ0) is 13.1. The summed E-state index contributed by atoms with van der Waals surface area (Å²) < 4.78 is 4.36. The second kappa shape index (κ2) is 5.35. The minimum Gasteiger partial charge on any atom is -0.398 e. The van der Waals surface area contributed by atoms with E-state index in [4.69, 9.17) is 5.73 Å². The lowest BCUT2D eigenvalue weighted by Crippen LogP contribution is -2.17. The highest BCUT2D eigenvalue weighted by molar-refractivity contribution is 7.09. The Morgan fingerprint density at radius 1 is 1.33 bits per heavy atom. The summed E-state index contributed by atoms with van der Waals surface area (Å²) >= 11 is 1.44. The Morgan fingerprint density at radius 2 is 2.06 bits per heavy atom. The van der Waals surface area contributed by atoms with Crippen molar-refractivity contribution in [2.45, 2.75) is 26.3 Å². The molecule has 2 N–H and O–H groups in total. The molecule has 0 saturated heterocycles. The first-order chi connectivity index (χ1) is 8.58. The zero-order valence-corrected chi connectivity index (χ0v) is 11.7. The number of rotatable bonds is 4. The van der Waals surface area contributed by atoms with Crippen LogP contribution in [0.5, 0.6) is 0 Å². The minimum absolute atomic E-state index is 0.366. The van der Waals surface area contributed by atoms with Crippen LogP contribution in [0.25, 0.3) is 0 Å². The molecular weight excluding hydrogens is 244 g/mol. The quantitative estimate of drug-likeness (QED) is 0.861. The summed E-state index contributed by atoms with van der Waals surface area (Å²) in [7, 11) is 2.01. The molecule has 4 nitrogen and oxygen atoms in total. The van der Waals surface area contributed by atoms with Crippen molar-refractivity contribution in [3.05, 3.63) is 35.7 Å². The van der Waals surface area contributed by atoms with Crippen LogP contribution in [0.3, 0.4) is 0 Å². The van der Waals surface area contributed by atoms with E-state index in [9.17, 15) is 0 Å². The fraction of sp³-hybridized carbons (Fsp3) is 0.385.